The number of benzene rings is 2. The zero-order valence-electron chi connectivity index (χ0n) is 15.5. The third-order valence-electron chi connectivity index (χ3n) is 3.95. The first-order valence-corrected chi connectivity index (χ1v) is 11.6. The molecule has 0 bridgehead atoms. The highest BCUT2D eigenvalue weighted by Crippen LogP contribution is 2.30. The maximum absolute atomic E-state index is 12.3. The van der Waals surface area contributed by atoms with Gasteiger partial charge in [-0.25, -0.2) is 18.2 Å². The topological polar surface area (TPSA) is 146 Å². The van der Waals surface area contributed by atoms with Gasteiger partial charge in [0, 0.05) is 16.3 Å². The molecule has 2 aromatic carbocycles. The van der Waals surface area contributed by atoms with Crippen LogP contribution in [-0.4, -0.2) is 35.0 Å². The number of nitrogens with two attached hydrogens (primary N) is 2. The molecular weight excluding hydrogens is 471 g/mol. The van der Waals surface area contributed by atoms with Crippen molar-refractivity contribution >= 4 is 56.6 Å². The maximum Gasteiger partial charge on any atom is 0.238 e. The van der Waals surface area contributed by atoms with Gasteiger partial charge in [0.1, 0.15) is 0 Å². The average Bonchev–Trinajstić information content (AvgIpc) is 3.01. The Bertz CT molecular complexity index is 1230. The van der Waals surface area contributed by atoms with Gasteiger partial charge in [0.2, 0.25) is 21.1 Å². The molecule has 0 aliphatic heterocycles. The molecule has 30 heavy (non-hydrogen) atoms. The number of halogens is 2. The van der Waals surface area contributed by atoms with Crippen LogP contribution in [0.25, 0.3) is 11.4 Å². The lowest BCUT2D eigenvalue weighted by Gasteiger charge is -2.09. The molecule has 1 amide bonds. The van der Waals surface area contributed by atoms with E-state index in [0.717, 1.165) is 11.8 Å². The Balaban J connectivity index is 1.70. The van der Waals surface area contributed by atoms with Gasteiger partial charge >= 0.3 is 0 Å². The van der Waals surface area contributed by atoms with Gasteiger partial charge < -0.3 is 11.2 Å². The maximum atomic E-state index is 12.3. The number of sulfonamides is 1. The van der Waals surface area contributed by atoms with Gasteiger partial charge in [0.25, 0.3) is 0 Å². The summed E-state index contributed by atoms with van der Waals surface area (Å²) in [7, 11) is -3.90. The van der Waals surface area contributed by atoms with Crippen LogP contribution in [-0.2, 0) is 14.8 Å². The van der Waals surface area contributed by atoms with Crippen LogP contribution in [0, 0.1) is 6.92 Å². The van der Waals surface area contributed by atoms with Crippen LogP contribution in [0.5, 0.6) is 0 Å². The number of amides is 1. The minimum absolute atomic E-state index is 0.0394. The third kappa shape index (κ3) is 5.05. The molecule has 0 saturated heterocycles. The molecule has 0 radical (unpaired) electrons. The van der Waals surface area contributed by atoms with E-state index < -0.39 is 15.9 Å². The van der Waals surface area contributed by atoms with Gasteiger partial charge in [-0.3, -0.25) is 4.79 Å². The lowest BCUT2D eigenvalue weighted by Crippen LogP contribution is -2.18. The summed E-state index contributed by atoms with van der Waals surface area (Å²) >= 11 is 13.1. The second kappa shape index (κ2) is 8.82. The van der Waals surface area contributed by atoms with Crippen molar-refractivity contribution in [3.63, 3.8) is 0 Å². The number of nitrogens with zero attached hydrogens (tertiary/aromatic N) is 3. The van der Waals surface area contributed by atoms with Crippen LogP contribution in [0.4, 0.5) is 5.69 Å². The number of hydrogen-bond donors (Lipinski definition) is 3. The fourth-order valence-corrected chi connectivity index (χ4v) is 4.50. The molecule has 0 spiro atoms. The molecule has 3 rings (SSSR count). The molecular formula is C17H16Cl2N6O3S2. The number of carbonyl (C=O) groups excluding carboxylic acids is 1. The highest BCUT2D eigenvalue weighted by atomic mass is 35.5. The number of primary sulfonamides is 1. The summed E-state index contributed by atoms with van der Waals surface area (Å²) in [6.45, 7) is 1.61. The molecule has 13 heteroatoms. The number of carbonyl (C=O) groups is 1. The Hall–Kier alpha value is -2.31. The van der Waals surface area contributed by atoms with Crippen LogP contribution in [0.1, 0.15) is 5.56 Å². The molecule has 9 nitrogen and oxygen atoms in total. The highest BCUT2D eigenvalue weighted by Gasteiger charge is 2.17. The number of rotatable bonds is 6. The Kier molecular flexibility index (Phi) is 6.58. The Labute approximate surface area is 186 Å². The van der Waals surface area contributed by atoms with Crippen molar-refractivity contribution in [3.05, 3.63) is 52.0 Å². The number of nitrogen functional groups attached to an aromatic ring is 1. The Morgan fingerprint density at radius 2 is 1.93 bits per heavy atom. The zero-order chi connectivity index (χ0) is 22.1. The predicted molar refractivity (Wildman–Crippen MR) is 118 cm³/mol. The number of aromatic nitrogens is 3. The van der Waals surface area contributed by atoms with Crippen molar-refractivity contribution in [2.45, 2.75) is 17.0 Å². The van der Waals surface area contributed by atoms with E-state index in [9.17, 15) is 13.2 Å². The minimum atomic E-state index is -3.90. The molecule has 1 heterocycles. The van der Waals surface area contributed by atoms with E-state index in [0.29, 0.717) is 37.8 Å². The third-order valence-corrected chi connectivity index (χ3v) is 6.49. The molecule has 0 unspecified atom stereocenters. The van der Waals surface area contributed by atoms with E-state index in [1.165, 1.54) is 10.7 Å². The minimum Gasteiger partial charge on any atom is -0.335 e. The first kappa shape index (κ1) is 22.4. The second-order valence-corrected chi connectivity index (χ2v) is 9.48. The first-order chi connectivity index (χ1) is 14.1. The first-order valence-electron chi connectivity index (χ1n) is 8.28. The fraction of sp³-hybridized carbons (Fsp3) is 0.118. The van der Waals surface area contributed by atoms with Gasteiger partial charge in [-0.2, -0.15) is 0 Å². The van der Waals surface area contributed by atoms with E-state index >= 15 is 0 Å². The molecule has 0 aliphatic rings. The lowest BCUT2D eigenvalue weighted by atomic mass is 10.2. The van der Waals surface area contributed by atoms with Crippen molar-refractivity contribution < 1.29 is 13.2 Å². The normalized spacial score (nSPS) is 11.5. The number of thioether (sulfide) groups is 1. The van der Waals surface area contributed by atoms with Gasteiger partial charge in [-0.15, -0.1) is 10.2 Å². The van der Waals surface area contributed by atoms with Crippen molar-refractivity contribution in [2.75, 3.05) is 16.9 Å². The van der Waals surface area contributed by atoms with Crippen LogP contribution in [0.2, 0.25) is 10.0 Å². The summed E-state index contributed by atoms with van der Waals surface area (Å²) in [6, 6.07) is 9.32. The van der Waals surface area contributed by atoms with Crippen LogP contribution in [0.3, 0.4) is 0 Å². The molecule has 158 valence electrons. The molecule has 0 saturated carbocycles. The number of hydrogen-bond acceptors (Lipinski definition) is 7. The van der Waals surface area contributed by atoms with E-state index in [1.54, 1.807) is 37.3 Å². The number of nitrogens with one attached hydrogen (secondary N) is 1. The van der Waals surface area contributed by atoms with Crippen LogP contribution in [0.15, 0.2) is 46.5 Å². The molecule has 3 aromatic rings. The Morgan fingerprint density at radius 3 is 2.60 bits per heavy atom. The van der Waals surface area contributed by atoms with Crippen LogP contribution < -0.4 is 16.3 Å². The SMILES string of the molecule is Cc1ccc(NC(=O)CSc2nnc(-c3ccc(Cl)cc3Cl)n2N)cc1S(N)(=O)=O. The van der Waals surface area contributed by atoms with Crippen molar-refractivity contribution in [1.29, 1.82) is 0 Å². The molecule has 0 fully saturated rings. The monoisotopic (exact) mass is 486 g/mol. The van der Waals surface area contributed by atoms with Gasteiger partial charge in [-0.1, -0.05) is 41.0 Å². The molecule has 0 atom stereocenters. The van der Waals surface area contributed by atoms with Crippen LogP contribution >= 0.6 is 35.0 Å². The lowest BCUT2D eigenvalue weighted by molar-refractivity contribution is -0.113. The van der Waals surface area contributed by atoms with Crippen molar-refractivity contribution in [1.82, 2.24) is 14.9 Å². The molecule has 5 N–H and O–H groups in total. The number of anilines is 1. The molecule has 0 aliphatic carbocycles. The quantitative estimate of drug-likeness (QED) is 0.358. The fourth-order valence-electron chi connectivity index (χ4n) is 2.54. The smallest absolute Gasteiger partial charge is 0.238 e. The standard InChI is InChI=1S/C17H16Cl2N6O3S2/c1-9-2-4-11(7-14(9)30(21,27)28)22-15(26)8-29-17-24-23-16(25(17)20)12-5-3-10(18)6-13(12)19/h2-7H,8,20H2,1H3,(H,22,26)(H2,21,27,28). The summed E-state index contributed by atoms with van der Waals surface area (Å²) < 4.78 is 24.4. The summed E-state index contributed by atoms with van der Waals surface area (Å²) in [5.41, 5.74) is 1.33. The summed E-state index contributed by atoms with van der Waals surface area (Å²) in [6.07, 6.45) is 0. The van der Waals surface area contributed by atoms with Gasteiger partial charge in [0.05, 0.1) is 15.7 Å². The average molecular weight is 487 g/mol. The Morgan fingerprint density at radius 1 is 1.20 bits per heavy atom. The van der Waals surface area contributed by atoms with Gasteiger partial charge in [-0.05, 0) is 42.8 Å². The summed E-state index contributed by atoms with van der Waals surface area (Å²) in [4.78, 5) is 12.2. The largest absolute Gasteiger partial charge is 0.335 e. The summed E-state index contributed by atoms with van der Waals surface area (Å²) in [5, 5.41) is 16.9. The van der Waals surface area contributed by atoms with Crippen molar-refractivity contribution in [2.24, 2.45) is 5.14 Å². The number of aryl methyl sites for hydroxylation is 1. The summed E-state index contributed by atoms with van der Waals surface area (Å²) in [5.74, 6) is 5.92. The van der Waals surface area contributed by atoms with Gasteiger partial charge in [0.15, 0.2) is 5.82 Å². The van der Waals surface area contributed by atoms with E-state index in [1.807, 2.05) is 0 Å². The van der Waals surface area contributed by atoms with E-state index in [2.05, 4.69) is 15.5 Å². The second-order valence-electron chi connectivity index (χ2n) is 6.16. The van der Waals surface area contributed by atoms with E-state index in [-0.39, 0.29) is 10.6 Å². The van der Waals surface area contributed by atoms with Crippen molar-refractivity contribution in [3.8, 4) is 11.4 Å². The molecule has 1 aromatic heterocycles. The zero-order valence-corrected chi connectivity index (χ0v) is 18.6. The predicted octanol–water partition coefficient (Wildman–Crippen LogP) is 2.65. The highest BCUT2D eigenvalue weighted by molar-refractivity contribution is 7.99. The van der Waals surface area contributed by atoms with E-state index in [4.69, 9.17) is 34.2 Å².